The molecule has 0 aliphatic carbocycles. The second-order valence-electron chi connectivity index (χ2n) is 4.05. The number of carbonyl (C=O) groups is 1. The topological polar surface area (TPSA) is 105 Å². The SMILES string of the molecule is COC(=O)c1c(N)c(C#N)cn1-c1ccc(C#N)c(Cl)c1. The summed E-state index contributed by atoms with van der Waals surface area (Å²) in [6, 6.07) is 8.46. The van der Waals surface area contributed by atoms with Crippen LogP contribution in [0.15, 0.2) is 24.4 Å². The highest BCUT2D eigenvalue weighted by molar-refractivity contribution is 6.31. The molecule has 1 heterocycles. The fourth-order valence-electron chi connectivity index (χ4n) is 1.86. The number of esters is 1. The van der Waals surface area contributed by atoms with E-state index in [4.69, 9.17) is 27.9 Å². The van der Waals surface area contributed by atoms with Crippen LogP contribution in [-0.2, 0) is 4.74 Å². The number of aromatic nitrogens is 1. The minimum absolute atomic E-state index is 0.0323. The molecule has 2 aromatic rings. The summed E-state index contributed by atoms with van der Waals surface area (Å²) in [7, 11) is 1.22. The van der Waals surface area contributed by atoms with Gasteiger partial charge in [0.15, 0.2) is 5.69 Å². The highest BCUT2D eigenvalue weighted by Crippen LogP contribution is 2.27. The van der Waals surface area contributed by atoms with Crippen LogP contribution in [-0.4, -0.2) is 17.6 Å². The van der Waals surface area contributed by atoms with Gasteiger partial charge >= 0.3 is 5.97 Å². The average molecular weight is 301 g/mol. The number of nitrogen functional groups attached to an aromatic ring is 1. The lowest BCUT2D eigenvalue weighted by Gasteiger charge is -2.09. The number of nitrogens with two attached hydrogens (primary N) is 1. The van der Waals surface area contributed by atoms with Crippen molar-refractivity contribution in [3.8, 4) is 17.8 Å². The van der Waals surface area contributed by atoms with Crippen LogP contribution >= 0.6 is 11.6 Å². The van der Waals surface area contributed by atoms with Gasteiger partial charge in [-0.25, -0.2) is 4.79 Å². The van der Waals surface area contributed by atoms with Crippen molar-refractivity contribution in [2.24, 2.45) is 0 Å². The number of halogens is 1. The van der Waals surface area contributed by atoms with Gasteiger partial charge in [0.25, 0.3) is 0 Å². The Morgan fingerprint density at radius 2 is 2.00 bits per heavy atom. The molecule has 0 aliphatic rings. The van der Waals surface area contributed by atoms with Gasteiger partial charge in [0.2, 0.25) is 0 Å². The molecular weight excluding hydrogens is 292 g/mol. The number of nitrogens with zero attached hydrogens (tertiary/aromatic N) is 3. The van der Waals surface area contributed by atoms with E-state index < -0.39 is 5.97 Å². The Balaban J connectivity index is 2.70. The molecule has 0 fully saturated rings. The van der Waals surface area contributed by atoms with Gasteiger partial charge in [-0.15, -0.1) is 0 Å². The first-order valence-electron chi connectivity index (χ1n) is 5.72. The van der Waals surface area contributed by atoms with E-state index in [2.05, 4.69) is 4.74 Å². The van der Waals surface area contributed by atoms with E-state index in [-0.39, 0.29) is 22.0 Å². The fourth-order valence-corrected chi connectivity index (χ4v) is 2.08. The number of hydrogen-bond donors (Lipinski definition) is 1. The molecule has 0 bridgehead atoms. The number of nitriles is 2. The zero-order valence-corrected chi connectivity index (χ0v) is 11.7. The van der Waals surface area contributed by atoms with Gasteiger partial charge in [0, 0.05) is 11.9 Å². The lowest BCUT2D eigenvalue weighted by atomic mass is 10.2. The summed E-state index contributed by atoms with van der Waals surface area (Å²) >= 11 is 5.98. The first kappa shape index (κ1) is 14.4. The first-order chi connectivity index (χ1) is 10.0. The van der Waals surface area contributed by atoms with Gasteiger partial charge in [-0.1, -0.05) is 11.6 Å². The van der Waals surface area contributed by atoms with Gasteiger partial charge in [0.05, 0.1) is 28.9 Å². The normalized spacial score (nSPS) is 9.71. The molecule has 0 unspecified atom stereocenters. The first-order valence-corrected chi connectivity index (χ1v) is 6.10. The fraction of sp³-hybridized carbons (Fsp3) is 0.0714. The van der Waals surface area contributed by atoms with Crippen LogP contribution in [0.1, 0.15) is 21.6 Å². The van der Waals surface area contributed by atoms with Crippen molar-refractivity contribution in [1.29, 1.82) is 10.5 Å². The molecule has 0 atom stereocenters. The van der Waals surface area contributed by atoms with Crippen molar-refractivity contribution in [3.05, 3.63) is 46.2 Å². The zero-order valence-electron chi connectivity index (χ0n) is 10.9. The predicted octanol–water partition coefficient (Wildman–Crippen LogP) is 2.24. The largest absolute Gasteiger partial charge is 0.464 e. The minimum atomic E-state index is -0.672. The summed E-state index contributed by atoms with van der Waals surface area (Å²) in [5.74, 6) is -0.672. The molecule has 104 valence electrons. The number of rotatable bonds is 2. The number of ether oxygens (including phenoxy) is 1. The Morgan fingerprint density at radius 1 is 1.33 bits per heavy atom. The van der Waals surface area contributed by atoms with Crippen LogP contribution in [0.25, 0.3) is 5.69 Å². The van der Waals surface area contributed by atoms with Crippen molar-refractivity contribution in [1.82, 2.24) is 4.57 Å². The van der Waals surface area contributed by atoms with Crippen molar-refractivity contribution < 1.29 is 9.53 Å². The van der Waals surface area contributed by atoms with E-state index in [1.807, 2.05) is 12.1 Å². The molecule has 0 radical (unpaired) electrons. The zero-order chi connectivity index (χ0) is 15.6. The quantitative estimate of drug-likeness (QED) is 0.856. The molecule has 6 nitrogen and oxygen atoms in total. The molecule has 1 aromatic heterocycles. The Hall–Kier alpha value is -2.96. The Bertz CT molecular complexity index is 812. The van der Waals surface area contributed by atoms with Gasteiger partial charge in [-0.3, -0.25) is 0 Å². The van der Waals surface area contributed by atoms with E-state index in [0.29, 0.717) is 11.3 Å². The monoisotopic (exact) mass is 300 g/mol. The van der Waals surface area contributed by atoms with Crippen LogP contribution < -0.4 is 5.73 Å². The van der Waals surface area contributed by atoms with E-state index in [0.717, 1.165) is 0 Å². The summed E-state index contributed by atoms with van der Waals surface area (Å²) in [5.41, 5.74) is 6.81. The van der Waals surface area contributed by atoms with Crippen LogP contribution in [0.4, 0.5) is 5.69 Å². The predicted molar refractivity (Wildman–Crippen MR) is 76.0 cm³/mol. The highest BCUT2D eigenvalue weighted by Gasteiger charge is 2.21. The lowest BCUT2D eigenvalue weighted by molar-refractivity contribution is 0.0593. The lowest BCUT2D eigenvalue weighted by Crippen LogP contribution is -2.11. The van der Waals surface area contributed by atoms with Gasteiger partial charge in [-0.05, 0) is 18.2 Å². The maximum atomic E-state index is 11.8. The molecule has 2 N–H and O–H groups in total. The van der Waals surface area contributed by atoms with Crippen molar-refractivity contribution in [2.75, 3.05) is 12.8 Å². The third-order valence-corrected chi connectivity index (χ3v) is 3.21. The Kier molecular flexibility index (Phi) is 3.84. The van der Waals surface area contributed by atoms with E-state index >= 15 is 0 Å². The molecule has 0 saturated carbocycles. The maximum Gasteiger partial charge on any atom is 0.357 e. The maximum absolute atomic E-state index is 11.8. The molecular formula is C14H9ClN4O2. The summed E-state index contributed by atoms with van der Waals surface area (Å²) in [6.45, 7) is 0. The van der Waals surface area contributed by atoms with Crippen LogP contribution in [0.5, 0.6) is 0 Å². The third-order valence-electron chi connectivity index (χ3n) is 2.89. The second-order valence-corrected chi connectivity index (χ2v) is 4.46. The number of anilines is 1. The molecule has 0 saturated heterocycles. The van der Waals surface area contributed by atoms with Crippen LogP contribution in [0.3, 0.4) is 0 Å². The third kappa shape index (κ3) is 2.40. The van der Waals surface area contributed by atoms with Crippen LogP contribution in [0.2, 0.25) is 5.02 Å². The van der Waals surface area contributed by atoms with Gasteiger partial charge in [0.1, 0.15) is 12.1 Å². The summed E-state index contributed by atoms with van der Waals surface area (Å²) in [6.07, 6.45) is 1.42. The molecule has 0 spiro atoms. The molecule has 7 heteroatoms. The number of benzene rings is 1. The number of hydrogen-bond acceptors (Lipinski definition) is 5. The van der Waals surface area contributed by atoms with E-state index in [1.165, 1.54) is 30.0 Å². The number of carbonyl (C=O) groups excluding carboxylic acids is 1. The minimum Gasteiger partial charge on any atom is -0.464 e. The Morgan fingerprint density at radius 3 is 2.52 bits per heavy atom. The van der Waals surface area contributed by atoms with E-state index in [9.17, 15) is 4.79 Å². The summed E-state index contributed by atoms with van der Waals surface area (Å²) in [4.78, 5) is 11.8. The highest BCUT2D eigenvalue weighted by atomic mass is 35.5. The molecule has 0 aliphatic heterocycles. The second kappa shape index (κ2) is 5.58. The summed E-state index contributed by atoms with van der Waals surface area (Å²) < 4.78 is 6.09. The van der Waals surface area contributed by atoms with Crippen LogP contribution in [0, 0.1) is 22.7 Å². The molecule has 21 heavy (non-hydrogen) atoms. The van der Waals surface area contributed by atoms with Gasteiger partial charge in [-0.2, -0.15) is 10.5 Å². The standard InChI is InChI=1S/C14H9ClN4O2/c1-21-14(20)13-12(18)9(6-17)7-19(13)10-3-2-8(5-16)11(15)4-10/h2-4,7H,18H2,1H3. The van der Waals surface area contributed by atoms with Gasteiger partial charge < -0.3 is 15.0 Å². The molecule has 2 rings (SSSR count). The summed E-state index contributed by atoms with van der Waals surface area (Å²) in [5, 5.41) is 18.1. The Labute approximate surface area is 125 Å². The van der Waals surface area contributed by atoms with Crippen molar-refractivity contribution >= 4 is 23.3 Å². The molecule has 1 aromatic carbocycles. The molecule has 0 amide bonds. The van der Waals surface area contributed by atoms with Crippen molar-refractivity contribution in [3.63, 3.8) is 0 Å². The smallest absolute Gasteiger partial charge is 0.357 e. The van der Waals surface area contributed by atoms with Crippen molar-refractivity contribution in [2.45, 2.75) is 0 Å². The average Bonchev–Trinajstić information content (AvgIpc) is 2.83. The van der Waals surface area contributed by atoms with E-state index in [1.54, 1.807) is 6.07 Å². The number of methoxy groups -OCH3 is 1.